The van der Waals surface area contributed by atoms with Gasteiger partial charge in [0.15, 0.2) is 0 Å². The molecule has 0 aromatic carbocycles. The van der Waals surface area contributed by atoms with Gasteiger partial charge in [-0.05, 0) is 24.6 Å². The first-order valence-electron chi connectivity index (χ1n) is 5.19. The Hall–Kier alpha value is -2.04. The Morgan fingerprint density at radius 2 is 2.38 bits per heavy atom. The molecule has 0 saturated heterocycles. The lowest BCUT2D eigenvalue weighted by molar-refractivity contribution is 0.637. The zero-order valence-electron chi connectivity index (χ0n) is 9.22. The summed E-state index contributed by atoms with van der Waals surface area (Å²) in [5.41, 5.74) is 7.37. The van der Waals surface area contributed by atoms with E-state index >= 15 is 0 Å². The van der Waals surface area contributed by atoms with Gasteiger partial charge in [-0.25, -0.2) is 4.98 Å². The Morgan fingerprint density at radius 1 is 1.50 bits per heavy atom. The molecule has 0 spiro atoms. The molecular weight excluding hydrogens is 202 g/mol. The maximum absolute atomic E-state index is 5.63. The third-order valence-corrected chi connectivity index (χ3v) is 2.29. The highest BCUT2D eigenvalue weighted by atomic mass is 15.3. The standard InChI is InChI=1S/C11H15N5/c1-9-7-10(12)8-14-11(9)13-4-6-16-5-2-3-15-16/h2-3,5,7-8H,4,6,12H2,1H3,(H,13,14). The van der Waals surface area contributed by atoms with E-state index in [2.05, 4.69) is 15.4 Å². The molecule has 0 bridgehead atoms. The summed E-state index contributed by atoms with van der Waals surface area (Å²) in [6, 6.07) is 3.82. The summed E-state index contributed by atoms with van der Waals surface area (Å²) >= 11 is 0. The molecule has 2 heterocycles. The van der Waals surface area contributed by atoms with E-state index in [1.54, 1.807) is 12.4 Å². The van der Waals surface area contributed by atoms with E-state index in [0.717, 1.165) is 24.5 Å². The number of nitrogens with zero attached hydrogens (tertiary/aromatic N) is 3. The molecule has 0 atom stereocenters. The predicted octanol–water partition coefficient (Wildman–Crippen LogP) is 1.28. The summed E-state index contributed by atoms with van der Waals surface area (Å²) in [7, 11) is 0. The van der Waals surface area contributed by atoms with Gasteiger partial charge in [-0.3, -0.25) is 4.68 Å². The smallest absolute Gasteiger partial charge is 0.129 e. The van der Waals surface area contributed by atoms with E-state index < -0.39 is 0 Å². The van der Waals surface area contributed by atoms with Crippen molar-refractivity contribution in [3.8, 4) is 0 Å². The van der Waals surface area contributed by atoms with E-state index in [4.69, 9.17) is 5.73 Å². The topological polar surface area (TPSA) is 68.8 Å². The van der Waals surface area contributed by atoms with Crippen LogP contribution >= 0.6 is 0 Å². The second-order valence-corrected chi connectivity index (χ2v) is 3.63. The lowest BCUT2D eigenvalue weighted by Crippen LogP contribution is -2.12. The number of hydrogen-bond acceptors (Lipinski definition) is 4. The minimum absolute atomic E-state index is 0.690. The fourth-order valence-corrected chi connectivity index (χ4v) is 1.50. The largest absolute Gasteiger partial charge is 0.397 e. The minimum atomic E-state index is 0.690. The number of hydrogen-bond donors (Lipinski definition) is 2. The van der Waals surface area contributed by atoms with Crippen LogP contribution in [0.4, 0.5) is 11.5 Å². The van der Waals surface area contributed by atoms with E-state index in [9.17, 15) is 0 Å². The molecule has 16 heavy (non-hydrogen) atoms. The second-order valence-electron chi connectivity index (χ2n) is 3.63. The molecule has 2 rings (SSSR count). The molecule has 0 aliphatic heterocycles. The first-order chi connectivity index (χ1) is 7.75. The van der Waals surface area contributed by atoms with Crippen molar-refractivity contribution in [2.45, 2.75) is 13.5 Å². The molecule has 5 heteroatoms. The van der Waals surface area contributed by atoms with Crippen molar-refractivity contribution in [3.63, 3.8) is 0 Å². The Morgan fingerprint density at radius 3 is 3.06 bits per heavy atom. The maximum Gasteiger partial charge on any atom is 0.129 e. The van der Waals surface area contributed by atoms with E-state index in [1.165, 1.54) is 0 Å². The molecule has 0 amide bonds. The second kappa shape index (κ2) is 4.65. The molecule has 0 fully saturated rings. The number of anilines is 2. The predicted molar refractivity (Wildman–Crippen MR) is 64.1 cm³/mol. The molecule has 84 valence electrons. The van der Waals surface area contributed by atoms with Gasteiger partial charge in [0, 0.05) is 18.9 Å². The van der Waals surface area contributed by atoms with Gasteiger partial charge in [-0.1, -0.05) is 0 Å². The highest BCUT2D eigenvalue weighted by Crippen LogP contribution is 2.13. The van der Waals surface area contributed by atoms with Gasteiger partial charge in [-0.15, -0.1) is 0 Å². The number of pyridine rings is 1. The first kappa shape index (κ1) is 10.5. The fourth-order valence-electron chi connectivity index (χ4n) is 1.50. The molecule has 3 N–H and O–H groups in total. The van der Waals surface area contributed by atoms with Crippen molar-refractivity contribution in [2.24, 2.45) is 0 Å². The normalized spacial score (nSPS) is 10.3. The van der Waals surface area contributed by atoms with Gasteiger partial charge < -0.3 is 11.1 Å². The quantitative estimate of drug-likeness (QED) is 0.809. The molecule has 5 nitrogen and oxygen atoms in total. The van der Waals surface area contributed by atoms with Crippen LogP contribution in [-0.4, -0.2) is 21.3 Å². The van der Waals surface area contributed by atoms with Crippen LogP contribution in [0.1, 0.15) is 5.56 Å². The van der Waals surface area contributed by atoms with Crippen LogP contribution in [0.25, 0.3) is 0 Å². The molecule has 0 aliphatic carbocycles. The maximum atomic E-state index is 5.63. The van der Waals surface area contributed by atoms with Crippen molar-refractivity contribution in [2.75, 3.05) is 17.6 Å². The van der Waals surface area contributed by atoms with Crippen LogP contribution in [0.15, 0.2) is 30.7 Å². The summed E-state index contributed by atoms with van der Waals surface area (Å²) in [6.07, 6.45) is 5.36. The van der Waals surface area contributed by atoms with Crippen molar-refractivity contribution >= 4 is 11.5 Å². The van der Waals surface area contributed by atoms with Gasteiger partial charge in [0.1, 0.15) is 5.82 Å². The summed E-state index contributed by atoms with van der Waals surface area (Å²) in [5.74, 6) is 0.876. The van der Waals surface area contributed by atoms with Crippen molar-refractivity contribution in [1.82, 2.24) is 14.8 Å². The van der Waals surface area contributed by atoms with Crippen LogP contribution in [0.5, 0.6) is 0 Å². The molecule has 0 saturated carbocycles. The molecule has 0 aliphatic rings. The van der Waals surface area contributed by atoms with E-state index in [0.29, 0.717) is 5.69 Å². The zero-order chi connectivity index (χ0) is 11.4. The minimum Gasteiger partial charge on any atom is -0.397 e. The van der Waals surface area contributed by atoms with Gasteiger partial charge in [0.25, 0.3) is 0 Å². The molecule has 2 aromatic heterocycles. The summed E-state index contributed by atoms with van der Waals surface area (Å²) in [6.45, 7) is 3.59. The third-order valence-electron chi connectivity index (χ3n) is 2.29. The SMILES string of the molecule is Cc1cc(N)cnc1NCCn1cccn1. The van der Waals surface area contributed by atoms with Crippen molar-refractivity contribution in [1.29, 1.82) is 0 Å². The molecule has 0 radical (unpaired) electrons. The molecule has 2 aromatic rings. The number of nitrogens with two attached hydrogens (primary N) is 1. The fraction of sp³-hybridized carbons (Fsp3) is 0.273. The van der Waals surface area contributed by atoms with E-state index in [-0.39, 0.29) is 0 Å². The summed E-state index contributed by atoms with van der Waals surface area (Å²) < 4.78 is 1.87. The summed E-state index contributed by atoms with van der Waals surface area (Å²) in [5, 5.41) is 7.37. The van der Waals surface area contributed by atoms with Gasteiger partial charge in [0.2, 0.25) is 0 Å². The van der Waals surface area contributed by atoms with Crippen molar-refractivity contribution in [3.05, 3.63) is 36.3 Å². The highest BCUT2D eigenvalue weighted by molar-refractivity contribution is 5.50. The number of nitrogens with one attached hydrogen (secondary N) is 1. The van der Waals surface area contributed by atoms with Gasteiger partial charge >= 0.3 is 0 Å². The first-order valence-corrected chi connectivity index (χ1v) is 5.19. The van der Waals surface area contributed by atoms with Crippen LogP contribution in [0.3, 0.4) is 0 Å². The average molecular weight is 217 g/mol. The van der Waals surface area contributed by atoms with Gasteiger partial charge in [-0.2, -0.15) is 5.10 Å². The van der Waals surface area contributed by atoms with Crippen LogP contribution < -0.4 is 11.1 Å². The number of nitrogen functional groups attached to an aromatic ring is 1. The molecule has 0 unspecified atom stereocenters. The number of aryl methyl sites for hydroxylation is 1. The Bertz CT molecular complexity index is 449. The zero-order valence-corrected chi connectivity index (χ0v) is 9.22. The number of aromatic nitrogens is 3. The Balaban J connectivity index is 1.90. The van der Waals surface area contributed by atoms with E-state index in [1.807, 2.05) is 29.9 Å². The van der Waals surface area contributed by atoms with Gasteiger partial charge in [0.05, 0.1) is 18.4 Å². The molecular formula is C11H15N5. The monoisotopic (exact) mass is 217 g/mol. The average Bonchev–Trinajstić information content (AvgIpc) is 2.74. The number of rotatable bonds is 4. The summed E-state index contributed by atoms with van der Waals surface area (Å²) in [4.78, 5) is 4.23. The lowest BCUT2D eigenvalue weighted by Gasteiger charge is -2.08. The van der Waals surface area contributed by atoms with Crippen LogP contribution in [-0.2, 0) is 6.54 Å². The lowest BCUT2D eigenvalue weighted by atomic mass is 10.2. The third kappa shape index (κ3) is 2.50. The Labute approximate surface area is 94.3 Å². The highest BCUT2D eigenvalue weighted by Gasteiger charge is 1.99. The van der Waals surface area contributed by atoms with Crippen molar-refractivity contribution < 1.29 is 0 Å². The Kier molecular flexibility index (Phi) is 3.05. The van der Waals surface area contributed by atoms with Crippen LogP contribution in [0.2, 0.25) is 0 Å². The van der Waals surface area contributed by atoms with Crippen LogP contribution in [0, 0.1) is 6.92 Å².